The second kappa shape index (κ2) is 6.63. The number of halogens is 1. The first-order valence-corrected chi connectivity index (χ1v) is 6.96. The van der Waals surface area contributed by atoms with Crippen molar-refractivity contribution in [1.29, 1.82) is 0 Å². The van der Waals surface area contributed by atoms with Crippen LogP contribution in [0.4, 0.5) is 0 Å². The van der Waals surface area contributed by atoms with E-state index in [2.05, 4.69) is 46.2 Å². The van der Waals surface area contributed by atoms with Crippen LogP contribution in [0.2, 0.25) is 0 Å². The molecule has 0 saturated heterocycles. The van der Waals surface area contributed by atoms with Gasteiger partial charge in [-0.25, -0.2) is 0 Å². The molecule has 0 fully saturated rings. The van der Waals surface area contributed by atoms with Gasteiger partial charge in [0.2, 0.25) is 0 Å². The molecule has 15 heavy (non-hydrogen) atoms. The van der Waals surface area contributed by atoms with E-state index in [9.17, 15) is 0 Å². The SMILES string of the molecule is CCC(N)CCN(C)Cc1cc(Br)cs1. The van der Waals surface area contributed by atoms with Gasteiger partial charge < -0.3 is 10.6 Å². The quantitative estimate of drug-likeness (QED) is 0.872. The Labute approximate surface area is 105 Å². The normalized spacial score (nSPS) is 13.4. The Morgan fingerprint density at radius 2 is 2.33 bits per heavy atom. The third kappa shape index (κ3) is 5.11. The Balaban J connectivity index is 2.27. The Hall–Kier alpha value is 0.1000. The predicted octanol–water partition coefficient (Wildman–Crippen LogP) is 3.07. The Kier molecular flexibility index (Phi) is 5.82. The standard InChI is InChI=1S/C11H19BrN2S/c1-3-10(13)4-5-14(2)7-11-6-9(12)8-15-11/h6,8,10H,3-5,7,13H2,1-2H3. The number of nitrogens with two attached hydrogens (primary N) is 1. The average molecular weight is 291 g/mol. The molecule has 4 heteroatoms. The summed E-state index contributed by atoms with van der Waals surface area (Å²) in [6, 6.07) is 2.53. The molecular formula is C11H19BrN2S. The molecule has 1 aromatic rings. The third-order valence-electron chi connectivity index (χ3n) is 2.45. The molecule has 0 aliphatic rings. The predicted molar refractivity (Wildman–Crippen MR) is 71.2 cm³/mol. The molecule has 2 nitrogen and oxygen atoms in total. The van der Waals surface area contributed by atoms with E-state index in [-0.39, 0.29) is 0 Å². The molecule has 86 valence electrons. The van der Waals surface area contributed by atoms with E-state index in [1.54, 1.807) is 11.3 Å². The van der Waals surface area contributed by atoms with Gasteiger partial charge in [-0.1, -0.05) is 6.92 Å². The lowest BCUT2D eigenvalue weighted by Crippen LogP contribution is -2.27. The molecule has 1 unspecified atom stereocenters. The van der Waals surface area contributed by atoms with Crippen LogP contribution in [0.5, 0.6) is 0 Å². The number of nitrogens with zero attached hydrogens (tertiary/aromatic N) is 1. The van der Waals surface area contributed by atoms with Crippen molar-refractivity contribution in [3.8, 4) is 0 Å². The molecule has 1 rings (SSSR count). The van der Waals surface area contributed by atoms with E-state index in [1.165, 1.54) is 9.35 Å². The van der Waals surface area contributed by atoms with Crippen molar-refractivity contribution in [1.82, 2.24) is 4.90 Å². The Bertz CT molecular complexity index is 288. The van der Waals surface area contributed by atoms with Gasteiger partial charge in [0.05, 0.1) is 0 Å². The smallest absolute Gasteiger partial charge is 0.0325 e. The van der Waals surface area contributed by atoms with Crippen molar-refractivity contribution >= 4 is 27.3 Å². The minimum atomic E-state index is 0.350. The molecule has 1 atom stereocenters. The molecule has 0 bridgehead atoms. The van der Waals surface area contributed by atoms with Crippen LogP contribution >= 0.6 is 27.3 Å². The zero-order valence-corrected chi connectivity index (χ0v) is 11.8. The number of rotatable bonds is 6. The number of hydrogen-bond acceptors (Lipinski definition) is 3. The first-order valence-electron chi connectivity index (χ1n) is 5.28. The molecule has 0 aliphatic heterocycles. The maximum Gasteiger partial charge on any atom is 0.0325 e. The van der Waals surface area contributed by atoms with Gasteiger partial charge in [-0.15, -0.1) is 11.3 Å². The molecule has 2 N–H and O–H groups in total. The molecule has 0 saturated carbocycles. The van der Waals surface area contributed by atoms with Gasteiger partial charge in [0.1, 0.15) is 0 Å². The summed E-state index contributed by atoms with van der Waals surface area (Å²) in [5.41, 5.74) is 5.89. The molecule has 0 aromatic carbocycles. The summed E-state index contributed by atoms with van der Waals surface area (Å²) in [7, 11) is 2.15. The van der Waals surface area contributed by atoms with Gasteiger partial charge in [-0.3, -0.25) is 0 Å². The van der Waals surface area contributed by atoms with E-state index < -0.39 is 0 Å². The van der Waals surface area contributed by atoms with Crippen molar-refractivity contribution in [3.63, 3.8) is 0 Å². The van der Waals surface area contributed by atoms with Gasteiger partial charge in [0, 0.05) is 27.3 Å². The minimum Gasteiger partial charge on any atom is -0.328 e. The van der Waals surface area contributed by atoms with E-state index in [0.717, 1.165) is 25.9 Å². The van der Waals surface area contributed by atoms with Gasteiger partial charge in [0.15, 0.2) is 0 Å². The van der Waals surface area contributed by atoms with Crippen LogP contribution in [0.3, 0.4) is 0 Å². The van der Waals surface area contributed by atoms with Gasteiger partial charge >= 0.3 is 0 Å². The molecule has 0 aliphatic carbocycles. The highest BCUT2D eigenvalue weighted by Gasteiger charge is 2.05. The maximum atomic E-state index is 5.89. The number of hydrogen-bond donors (Lipinski definition) is 1. The van der Waals surface area contributed by atoms with Crippen LogP contribution in [0, 0.1) is 0 Å². The second-order valence-electron chi connectivity index (χ2n) is 3.93. The van der Waals surface area contributed by atoms with E-state index in [1.807, 2.05) is 0 Å². The van der Waals surface area contributed by atoms with E-state index in [0.29, 0.717) is 6.04 Å². The highest BCUT2D eigenvalue weighted by Crippen LogP contribution is 2.20. The Morgan fingerprint density at radius 3 is 2.87 bits per heavy atom. The molecule has 0 amide bonds. The van der Waals surface area contributed by atoms with Gasteiger partial charge in [-0.2, -0.15) is 0 Å². The summed E-state index contributed by atoms with van der Waals surface area (Å²) < 4.78 is 1.18. The molecule has 0 spiro atoms. The fourth-order valence-electron chi connectivity index (χ4n) is 1.37. The van der Waals surface area contributed by atoms with Gasteiger partial charge in [0.25, 0.3) is 0 Å². The average Bonchev–Trinajstić information content (AvgIpc) is 2.60. The highest BCUT2D eigenvalue weighted by atomic mass is 79.9. The number of thiophene rings is 1. The van der Waals surface area contributed by atoms with Crippen LogP contribution in [0.25, 0.3) is 0 Å². The van der Waals surface area contributed by atoms with Crippen LogP contribution in [0.1, 0.15) is 24.6 Å². The van der Waals surface area contributed by atoms with E-state index in [4.69, 9.17) is 5.73 Å². The minimum absolute atomic E-state index is 0.350. The summed E-state index contributed by atoms with van der Waals surface area (Å²) in [5.74, 6) is 0. The van der Waals surface area contributed by atoms with Crippen molar-refractivity contribution in [3.05, 3.63) is 20.8 Å². The summed E-state index contributed by atoms with van der Waals surface area (Å²) in [6.45, 7) is 4.23. The Morgan fingerprint density at radius 1 is 1.60 bits per heavy atom. The van der Waals surface area contributed by atoms with Gasteiger partial charge in [-0.05, 0) is 48.4 Å². The van der Waals surface area contributed by atoms with Crippen molar-refractivity contribution in [2.75, 3.05) is 13.6 Å². The molecule has 1 heterocycles. The summed E-state index contributed by atoms with van der Waals surface area (Å²) in [5, 5.41) is 2.13. The van der Waals surface area contributed by atoms with Crippen molar-refractivity contribution in [2.45, 2.75) is 32.4 Å². The summed E-state index contributed by atoms with van der Waals surface area (Å²) in [6.07, 6.45) is 2.15. The van der Waals surface area contributed by atoms with Crippen LogP contribution in [-0.2, 0) is 6.54 Å². The fraction of sp³-hybridized carbons (Fsp3) is 0.636. The van der Waals surface area contributed by atoms with E-state index >= 15 is 0 Å². The topological polar surface area (TPSA) is 29.3 Å². The second-order valence-corrected chi connectivity index (χ2v) is 5.84. The monoisotopic (exact) mass is 290 g/mol. The molecule has 0 radical (unpaired) electrons. The first kappa shape index (κ1) is 13.2. The van der Waals surface area contributed by atoms with Crippen LogP contribution in [-0.4, -0.2) is 24.5 Å². The summed E-state index contributed by atoms with van der Waals surface area (Å²) >= 11 is 5.27. The highest BCUT2D eigenvalue weighted by molar-refractivity contribution is 9.10. The molecule has 1 aromatic heterocycles. The molecular weight excluding hydrogens is 272 g/mol. The first-order chi connectivity index (χ1) is 7.11. The summed E-state index contributed by atoms with van der Waals surface area (Å²) in [4.78, 5) is 3.72. The third-order valence-corrected chi connectivity index (χ3v) is 4.14. The van der Waals surface area contributed by atoms with Crippen molar-refractivity contribution < 1.29 is 0 Å². The van der Waals surface area contributed by atoms with Crippen LogP contribution in [0.15, 0.2) is 15.9 Å². The lowest BCUT2D eigenvalue weighted by atomic mass is 10.1. The lowest BCUT2D eigenvalue weighted by molar-refractivity contribution is 0.311. The van der Waals surface area contributed by atoms with Crippen LogP contribution < -0.4 is 5.73 Å². The largest absolute Gasteiger partial charge is 0.328 e. The lowest BCUT2D eigenvalue weighted by Gasteiger charge is -2.17. The zero-order valence-electron chi connectivity index (χ0n) is 9.37. The fourth-order valence-corrected chi connectivity index (χ4v) is 2.90. The van der Waals surface area contributed by atoms with Crippen molar-refractivity contribution in [2.24, 2.45) is 5.73 Å². The maximum absolute atomic E-state index is 5.89. The zero-order chi connectivity index (χ0) is 11.3.